The lowest BCUT2D eigenvalue weighted by Crippen LogP contribution is -2.12. The average molecular weight is 324 g/mol. The summed E-state index contributed by atoms with van der Waals surface area (Å²) in [6, 6.07) is 27.9. The van der Waals surface area contributed by atoms with E-state index >= 15 is 0 Å². The molecule has 3 aromatic rings. The van der Waals surface area contributed by atoms with Crippen LogP contribution >= 0.6 is 0 Å². The molecule has 4 rings (SSSR count). The molecule has 25 heavy (non-hydrogen) atoms. The third-order valence-corrected chi connectivity index (χ3v) is 4.42. The van der Waals surface area contributed by atoms with Gasteiger partial charge in [-0.2, -0.15) is 0 Å². The third-order valence-electron chi connectivity index (χ3n) is 4.42. The van der Waals surface area contributed by atoms with Gasteiger partial charge in [0, 0.05) is 12.6 Å². The Labute approximate surface area is 148 Å². The number of rotatable bonds is 3. The lowest BCUT2D eigenvalue weighted by Gasteiger charge is -2.15. The van der Waals surface area contributed by atoms with Gasteiger partial charge in [0.1, 0.15) is 11.3 Å². The SMILES string of the molecule is CN1C(c2ccccc2O)=[C+]C(c2ccccc2)=C1c1ccccc1. The number of hydrogen-bond acceptors (Lipinski definition) is 2. The van der Waals surface area contributed by atoms with Gasteiger partial charge in [-0.1, -0.05) is 48.5 Å². The number of hydrogen-bond donors (Lipinski definition) is 1. The highest BCUT2D eigenvalue weighted by atomic mass is 16.3. The minimum absolute atomic E-state index is 0.263. The Morgan fingerprint density at radius 2 is 1.28 bits per heavy atom. The zero-order valence-electron chi connectivity index (χ0n) is 14.0. The van der Waals surface area contributed by atoms with Crippen molar-refractivity contribution in [2.45, 2.75) is 0 Å². The highest BCUT2D eigenvalue weighted by Gasteiger charge is 2.35. The summed E-state index contributed by atoms with van der Waals surface area (Å²) in [6.07, 6.45) is 3.52. The van der Waals surface area contributed by atoms with Crippen LogP contribution in [0.4, 0.5) is 0 Å². The van der Waals surface area contributed by atoms with Gasteiger partial charge in [-0.15, -0.1) is 0 Å². The third kappa shape index (κ3) is 2.69. The fourth-order valence-electron chi connectivity index (χ4n) is 3.21. The van der Waals surface area contributed by atoms with E-state index < -0.39 is 0 Å². The maximum absolute atomic E-state index is 10.3. The van der Waals surface area contributed by atoms with Crippen LogP contribution in [0.1, 0.15) is 16.7 Å². The highest BCUT2D eigenvalue weighted by Crippen LogP contribution is 2.42. The van der Waals surface area contributed by atoms with E-state index in [2.05, 4.69) is 35.2 Å². The minimum atomic E-state index is 0.263. The molecular weight excluding hydrogens is 306 g/mol. The Kier molecular flexibility index (Phi) is 3.81. The van der Waals surface area contributed by atoms with Crippen LogP contribution in [0.3, 0.4) is 0 Å². The summed E-state index contributed by atoms with van der Waals surface area (Å²) >= 11 is 0. The fourth-order valence-corrected chi connectivity index (χ4v) is 3.21. The van der Waals surface area contributed by atoms with Crippen LogP contribution in [0.25, 0.3) is 17.0 Å². The zero-order valence-corrected chi connectivity index (χ0v) is 14.0. The molecule has 0 amide bonds. The Hall–Kier alpha value is -3.35. The van der Waals surface area contributed by atoms with Crippen LogP contribution in [0.15, 0.2) is 84.9 Å². The van der Waals surface area contributed by atoms with Crippen molar-refractivity contribution in [2.24, 2.45) is 0 Å². The zero-order chi connectivity index (χ0) is 17.2. The number of para-hydroxylation sites is 1. The van der Waals surface area contributed by atoms with E-state index in [1.807, 2.05) is 61.6 Å². The van der Waals surface area contributed by atoms with Gasteiger partial charge in [0.15, 0.2) is 17.0 Å². The molecular formula is C23H18NO+. The maximum Gasteiger partial charge on any atom is 0.199 e. The first-order valence-electron chi connectivity index (χ1n) is 8.27. The number of allylic oxidation sites excluding steroid dienone is 2. The molecule has 120 valence electrons. The average Bonchev–Trinajstić information content (AvgIpc) is 3.01. The Bertz CT molecular complexity index is 956. The molecule has 0 fully saturated rings. The summed E-state index contributed by atoms with van der Waals surface area (Å²) in [5, 5.41) is 10.3. The van der Waals surface area contributed by atoms with Crippen molar-refractivity contribution in [1.82, 2.24) is 4.90 Å². The number of benzene rings is 3. The topological polar surface area (TPSA) is 23.5 Å². The van der Waals surface area contributed by atoms with Crippen LogP contribution in [0.5, 0.6) is 5.75 Å². The first-order valence-corrected chi connectivity index (χ1v) is 8.27. The normalized spacial score (nSPS) is 13.6. The van der Waals surface area contributed by atoms with E-state index in [0.717, 1.165) is 33.7 Å². The minimum Gasteiger partial charge on any atom is -0.499 e. The Balaban J connectivity index is 1.90. The summed E-state index contributed by atoms with van der Waals surface area (Å²) in [7, 11) is 2.02. The standard InChI is InChI=1S/C23H17NO/c1-24-21(19-14-8-9-15-22(19)25)16-20(17-10-4-2-5-11-17)23(24)18-12-6-3-7-13-18/h2-15H,1H3/p+1. The van der Waals surface area contributed by atoms with Crippen LogP contribution in [-0.2, 0) is 0 Å². The first-order chi connectivity index (χ1) is 12.3. The van der Waals surface area contributed by atoms with Gasteiger partial charge in [-0.3, -0.25) is 4.90 Å². The molecule has 0 saturated carbocycles. The van der Waals surface area contributed by atoms with Gasteiger partial charge in [0.05, 0.1) is 11.6 Å². The highest BCUT2D eigenvalue weighted by molar-refractivity contribution is 6.03. The molecule has 0 radical (unpaired) electrons. The van der Waals surface area contributed by atoms with Crippen LogP contribution in [0.2, 0.25) is 0 Å². The summed E-state index contributed by atoms with van der Waals surface area (Å²) in [6.45, 7) is 0. The number of phenolic OH excluding ortho intramolecular Hbond substituents is 1. The largest absolute Gasteiger partial charge is 0.499 e. The van der Waals surface area contributed by atoms with E-state index in [9.17, 15) is 5.11 Å². The molecule has 2 nitrogen and oxygen atoms in total. The molecule has 0 aromatic heterocycles. The molecule has 0 unspecified atom stereocenters. The van der Waals surface area contributed by atoms with Crippen LogP contribution in [-0.4, -0.2) is 17.1 Å². The van der Waals surface area contributed by atoms with Crippen molar-refractivity contribution in [2.75, 3.05) is 7.05 Å². The van der Waals surface area contributed by atoms with Gasteiger partial charge in [0.25, 0.3) is 0 Å². The lowest BCUT2D eigenvalue weighted by atomic mass is 10.0. The molecule has 1 aliphatic heterocycles. The molecule has 2 heteroatoms. The molecule has 0 atom stereocenters. The van der Waals surface area contributed by atoms with Crippen LogP contribution in [0, 0.1) is 6.08 Å². The second-order valence-electron chi connectivity index (χ2n) is 6.01. The van der Waals surface area contributed by atoms with E-state index in [-0.39, 0.29) is 5.75 Å². The predicted octanol–water partition coefficient (Wildman–Crippen LogP) is 5.05. The van der Waals surface area contributed by atoms with Crippen molar-refractivity contribution in [3.8, 4) is 5.75 Å². The summed E-state index contributed by atoms with van der Waals surface area (Å²) in [5.41, 5.74) is 6.01. The van der Waals surface area contributed by atoms with Gasteiger partial charge >= 0.3 is 0 Å². The van der Waals surface area contributed by atoms with Crippen LogP contribution < -0.4 is 0 Å². The molecule has 1 aliphatic rings. The van der Waals surface area contributed by atoms with E-state index in [1.54, 1.807) is 6.07 Å². The fraction of sp³-hybridized carbons (Fsp3) is 0.0435. The molecule has 3 aromatic carbocycles. The van der Waals surface area contributed by atoms with E-state index in [1.165, 1.54) is 0 Å². The van der Waals surface area contributed by atoms with Gasteiger partial charge < -0.3 is 5.11 Å². The molecule has 0 aliphatic carbocycles. The van der Waals surface area contributed by atoms with Crippen molar-refractivity contribution < 1.29 is 5.11 Å². The van der Waals surface area contributed by atoms with Gasteiger partial charge in [-0.25, -0.2) is 0 Å². The smallest absolute Gasteiger partial charge is 0.199 e. The maximum atomic E-state index is 10.3. The number of aromatic hydroxyl groups is 1. The summed E-state index contributed by atoms with van der Waals surface area (Å²) in [4.78, 5) is 2.10. The van der Waals surface area contributed by atoms with Crippen molar-refractivity contribution in [3.05, 3.63) is 108 Å². The van der Waals surface area contributed by atoms with Crippen molar-refractivity contribution in [1.29, 1.82) is 0 Å². The number of phenols is 1. The molecule has 1 N–H and O–H groups in total. The second kappa shape index (κ2) is 6.27. The van der Waals surface area contributed by atoms with Gasteiger partial charge in [0.2, 0.25) is 0 Å². The first kappa shape index (κ1) is 15.2. The second-order valence-corrected chi connectivity index (χ2v) is 6.01. The summed E-state index contributed by atoms with van der Waals surface area (Å²) in [5.74, 6) is 0.263. The summed E-state index contributed by atoms with van der Waals surface area (Å²) < 4.78 is 0. The molecule has 0 saturated heterocycles. The number of nitrogens with zero attached hydrogens (tertiary/aromatic N) is 1. The van der Waals surface area contributed by atoms with E-state index in [0.29, 0.717) is 0 Å². The lowest BCUT2D eigenvalue weighted by molar-refractivity contribution is 0.471. The monoisotopic (exact) mass is 324 g/mol. The Morgan fingerprint density at radius 3 is 1.92 bits per heavy atom. The Morgan fingerprint density at radius 1 is 0.720 bits per heavy atom. The molecule has 1 heterocycles. The van der Waals surface area contributed by atoms with Gasteiger partial charge in [-0.05, 0) is 36.4 Å². The molecule has 0 bridgehead atoms. The molecule has 0 spiro atoms. The predicted molar refractivity (Wildman–Crippen MR) is 102 cm³/mol. The van der Waals surface area contributed by atoms with Crippen molar-refractivity contribution >= 4 is 17.0 Å². The van der Waals surface area contributed by atoms with E-state index in [4.69, 9.17) is 0 Å². The van der Waals surface area contributed by atoms with Crippen molar-refractivity contribution in [3.63, 3.8) is 0 Å². The quantitative estimate of drug-likeness (QED) is 0.682.